The van der Waals surface area contributed by atoms with E-state index in [1.807, 2.05) is 0 Å². The van der Waals surface area contributed by atoms with Gasteiger partial charge in [0, 0.05) is 18.6 Å². The molecule has 0 aromatic rings. The fraction of sp³-hybridized carbons (Fsp3) is 1.00. The van der Waals surface area contributed by atoms with Crippen LogP contribution in [0.5, 0.6) is 0 Å². The predicted molar refractivity (Wildman–Crippen MR) is 59.2 cm³/mol. The van der Waals surface area contributed by atoms with Crippen LogP contribution < -0.4 is 0 Å². The molecule has 1 aliphatic heterocycles. The zero-order valence-corrected chi connectivity index (χ0v) is 10.2. The molecule has 2 unspecified atom stereocenters. The van der Waals surface area contributed by atoms with Crippen molar-refractivity contribution in [2.45, 2.75) is 65.2 Å². The first-order chi connectivity index (χ1) is 6.33. The summed E-state index contributed by atoms with van der Waals surface area (Å²) >= 11 is 0. The Morgan fingerprint density at radius 2 is 1.86 bits per heavy atom. The molecule has 2 atom stereocenters. The van der Waals surface area contributed by atoms with Gasteiger partial charge < -0.3 is 0 Å². The first-order valence-electron chi connectivity index (χ1n) is 5.78. The molecular formula is C12H24FN. The van der Waals surface area contributed by atoms with Crippen molar-refractivity contribution in [3.05, 3.63) is 0 Å². The molecule has 1 aliphatic rings. The lowest BCUT2D eigenvalue weighted by Gasteiger charge is -2.45. The SMILES string of the molecule is CC(C)C1CC(C)(F)CCN1C(C)C. The van der Waals surface area contributed by atoms with E-state index < -0.39 is 5.67 Å². The van der Waals surface area contributed by atoms with Crippen LogP contribution in [-0.4, -0.2) is 29.2 Å². The number of likely N-dealkylation sites (tertiary alicyclic amines) is 1. The molecule has 0 bridgehead atoms. The quantitative estimate of drug-likeness (QED) is 0.663. The Labute approximate surface area is 87.7 Å². The summed E-state index contributed by atoms with van der Waals surface area (Å²) in [6.45, 7) is 11.5. The van der Waals surface area contributed by atoms with Gasteiger partial charge in [-0.3, -0.25) is 4.90 Å². The second-order valence-electron chi connectivity index (χ2n) is 5.51. The molecule has 14 heavy (non-hydrogen) atoms. The average molecular weight is 201 g/mol. The summed E-state index contributed by atoms with van der Waals surface area (Å²) in [7, 11) is 0. The number of hydrogen-bond acceptors (Lipinski definition) is 1. The van der Waals surface area contributed by atoms with Crippen molar-refractivity contribution in [3.63, 3.8) is 0 Å². The first-order valence-corrected chi connectivity index (χ1v) is 5.78. The molecule has 0 amide bonds. The normalized spacial score (nSPS) is 35.6. The molecule has 84 valence electrons. The van der Waals surface area contributed by atoms with Crippen LogP contribution in [0.1, 0.15) is 47.5 Å². The Bertz CT molecular complexity index is 187. The molecule has 1 heterocycles. The third-order valence-electron chi connectivity index (χ3n) is 3.38. The highest BCUT2D eigenvalue weighted by atomic mass is 19.1. The molecule has 0 aliphatic carbocycles. The predicted octanol–water partition coefficient (Wildman–Crippen LogP) is 3.24. The lowest BCUT2D eigenvalue weighted by molar-refractivity contribution is -0.00479. The van der Waals surface area contributed by atoms with Gasteiger partial charge in [0.2, 0.25) is 0 Å². The fourth-order valence-corrected chi connectivity index (χ4v) is 2.44. The number of nitrogens with zero attached hydrogens (tertiary/aromatic N) is 1. The van der Waals surface area contributed by atoms with Crippen molar-refractivity contribution >= 4 is 0 Å². The van der Waals surface area contributed by atoms with E-state index in [0.29, 0.717) is 30.8 Å². The number of halogens is 1. The summed E-state index contributed by atoms with van der Waals surface area (Å²) in [6.07, 6.45) is 1.39. The number of rotatable bonds is 2. The minimum Gasteiger partial charge on any atom is -0.297 e. The third kappa shape index (κ3) is 2.69. The van der Waals surface area contributed by atoms with Crippen molar-refractivity contribution in [2.75, 3.05) is 6.54 Å². The van der Waals surface area contributed by atoms with Gasteiger partial charge in [-0.25, -0.2) is 4.39 Å². The van der Waals surface area contributed by atoms with E-state index >= 15 is 0 Å². The van der Waals surface area contributed by atoms with E-state index in [-0.39, 0.29) is 0 Å². The van der Waals surface area contributed by atoms with Gasteiger partial charge in [0.25, 0.3) is 0 Å². The van der Waals surface area contributed by atoms with Crippen molar-refractivity contribution in [3.8, 4) is 0 Å². The van der Waals surface area contributed by atoms with Crippen LogP contribution in [0.15, 0.2) is 0 Å². The van der Waals surface area contributed by atoms with E-state index in [0.717, 1.165) is 6.54 Å². The fourth-order valence-electron chi connectivity index (χ4n) is 2.44. The molecule has 0 radical (unpaired) electrons. The summed E-state index contributed by atoms with van der Waals surface area (Å²) in [5, 5.41) is 0. The zero-order valence-electron chi connectivity index (χ0n) is 10.2. The highest BCUT2D eigenvalue weighted by Gasteiger charge is 2.38. The Kier molecular flexibility index (Phi) is 3.57. The number of piperidine rings is 1. The average Bonchev–Trinajstić information content (AvgIpc) is 2.01. The molecule has 2 heteroatoms. The minimum absolute atomic E-state index is 0.416. The second-order valence-corrected chi connectivity index (χ2v) is 5.51. The number of alkyl halides is 1. The van der Waals surface area contributed by atoms with Gasteiger partial charge in [0.15, 0.2) is 0 Å². The lowest BCUT2D eigenvalue weighted by Crippen LogP contribution is -2.52. The third-order valence-corrected chi connectivity index (χ3v) is 3.38. The smallest absolute Gasteiger partial charge is 0.111 e. The van der Waals surface area contributed by atoms with Crippen molar-refractivity contribution in [2.24, 2.45) is 5.92 Å². The molecule has 0 spiro atoms. The Morgan fingerprint density at radius 3 is 2.29 bits per heavy atom. The van der Waals surface area contributed by atoms with E-state index in [2.05, 4.69) is 32.6 Å². The largest absolute Gasteiger partial charge is 0.297 e. The minimum atomic E-state index is -0.944. The summed E-state index contributed by atoms with van der Waals surface area (Å²) in [5.41, 5.74) is -0.944. The van der Waals surface area contributed by atoms with Crippen LogP contribution in [0.25, 0.3) is 0 Å². The second kappa shape index (κ2) is 4.18. The van der Waals surface area contributed by atoms with Crippen molar-refractivity contribution in [1.82, 2.24) is 4.90 Å². The van der Waals surface area contributed by atoms with Gasteiger partial charge >= 0.3 is 0 Å². The van der Waals surface area contributed by atoms with E-state index in [1.165, 1.54) is 0 Å². The number of hydrogen-bond donors (Lipinski definition) is 0. The first kappa shape index (κ1) is 12.0. The topological polar surface area (TPSA) is 3.24 Å². The summed E-state index contributed by atoms with van der Waals surface area (Å²) < 4.78 is 13.9. The maximum absolute atomic E-state index is 13.9. The van der Waals surface area contributed by atoms with E-state index in [1.54, 1.807) is 6.92 Å². The van der Waals surface area contributed by atoms with Crippen LogP contribution in [0.3, 0.4) is 0 Å². The standard InChI is InChI=1S/C12H24FN/c1-9(2)11-8-12(5,13)6-7-14(11)10(3)4/h9-11H,6-8H2,1-5H3. The van der Waals surface area contributed by atoms with Gasteiger partial charge in [-0.2, -0.15) is 0 Å². The Morgan fingerprint density at radius 1 is 1.29 bits per heavy atom. The molecule has 1 nitrogen and oxygen atoms in total. The monoisotopic (exact) mass is 201 g/mol. The van der Waals surface area contributed by atoms with Crippen molar-refractivity contribution in [1.29, 1.82) is 0 Å². The molecule has 1 fully saturated rings. The molecule has 0 N–H and O–H groups in total. The Hall–Kier alpha value is -0.110. The molecule has 1 rings (SSSR count). The summed E-state index contributed by atoms with van der Waals surface area (Å²) in [4.78, 5) is 2.45. The maximum atomic E-state index is 13.9. The molecular weight excluding hydrogens is 177 g/mol. The van der Waals surface area contributed by atoms with E-state index in [9.17, 15) is 4.39 Å². The highest BCUT2D eigenvalue weighted by molar-refractivity contribution is 4.91. The molecule has 0 aromatic carbocycles. The maximum Gasteiger partial charge on any atom is 0.111 e. The van der Waals surface area contributed by atoms with Gasteiger partial charge in [0.1, 0.15) is 5.67 Å². The van der Waals surface area contributed by atoms with Crippen LogP contribution in [-0.2, 0) is 0 Å². The van der Waals surface area contributed by atoms with Crippen LogP contribution >= 0.6 is 0 Å². The molecule has 1 saturated heterocycles. The zero-order chi connectivity index (χ0) is 10.9. The lowest BCUT2D eigenvalue weighted by atomic mass is 9.83. The van der Waals surface area contributed by atoms with Gasteiger partial charge in [-0.15, -0.1) is 0 Å². The van der Waals surface area contributed by atoms with Crippen LogP contribution in [0, 0.1) is 5.92 Å². The van der Waals surface area contributed by atoms with E-state index in [4.69, 9.17) is 0 Å². The van der Waals surface area contributed by atoms with Crippen LogP contribution in [0.4, 0.5) is 4.39 Å². The molecule has 0 aromatic heterocycles. The van der Waals surface area contributed by atoms with Crippen molar-refractivity contribution < 1.29 is 4.39 Å². The van der Waals surface area contributed by atoms with Crippen LogP contribution in [0.2, 0.25) is 0 Å². The summed E-state index contributed by atoms with van der Waals surface area (Å²) in [5.74, 6) is 0.549. The van der Waals surface area contributed by atoms with Gasteiger partial charge in [-0.1, -0.05) is 13.8 Å². The summed E-state index contributed by atoms with van der Waals surface area (Å²) in [6, 6.07) is 0.956. The highest BCUT2D eigenvalue weighted by Crippen LogP contribution is 2.34. The van der Waals surface area contributed by atoms with Gasteiger partial charge in [-0.05, 0) is 39.5 Å². The Balaban J connectivity index is 2.71. The molecule has 0 saturated carbocycles. The van der Waals surface area contributed by atoms with Gasteiger partial charge in [0.05, 0.1) is 0 Å².